The molecule has 0 fully saturated rings. The predicted molar refractivity (Wildman–Crippen MR) is 79.3 cm³/mol. The van der Waals surface area contributed by atoms with Gasteiger partial charge in [-0.05, 0) is 24.5 Å². The van der Waals surface area contributed by atoms with Gasteiger partial charge in [-0.1, -0.05) is 35.9 Å². The summed E-state index contributed by atoms with van der Waals surface area (Å²) in [4.78, 5) is 14.2. The standard InChI is InChI=1S/C16H22N2O2/c1-12-3-5-14(6-4-12)15(17)16(19)18-9-7-13(8-10-18)11-20-2/h3-7,15H,8-11,17H2,1-2H3. The molecule has 0 radical (unpaired) electrons. The number of rotatable bonds is 4. The van der Waals surface area contributed by atoms with Gasteiger partial charge in [0.25, 0.3) is 0 Å². The van der Waals surface area contributed by atoms with Crippen molar-refractivity contribution in [3.63, 3.8) is 0 Å². The molecule has 1 aromatic rings. The van der Waals surface area contributed by atoms with Gasteiger partial charge in [0, 0.05) is 20.2 Å². The van der Waals surface area contributed by atoms with Gasteiger partial charge in [0.2, 0.25) is 5.91 Å². The van der Waals surface area contributed by atoms with Crippen LogP contribution in [0.5, 0.6) is 0 Å². The zero-order chi connectivity index (χ0) is 14.5. The SMILES string of the molecule is COCC1=CCN(C(=O)C(N)c2ccc(C)cc2)CC1. The van der Waals surface area contributed by atoms with E-state index in [0.29, 0.717) is 19.7 Å². The minimum Gasteiger partial charge on any atom is -0.380 e. The maximum absolute atomic E-state index is 12.4. The summed E-state index contributed by atoms with van der Waals surface area (Å²) >= 11 is 0. The van der Waals surface area contributed by atoms with Crippen molar-refractivity contribution in [1.29, 1.82) is 0 Å². The molecule has 1 amide bonds. The van der Waals surface area contributed by atoms with Gasteiger partial charge >= 0.3 is 0 Å². The Hall–Kier alpha value is -1.65. The number of nitrogens with zero attached hydrogens (tertiary/aromatic N) is 1. The van der Waals surface area contributed by atoms with Crippen LogP contribution in [0.4, 0.5) is 0 Å². The number of ether oxygens (including phenoxy) is 1. The van der Waals surface area contributed by atoms with Crippen LogP contribution < -0.4 is 5.73 Å². The zero-order valence-electron chi connectivity index (χ0n) is 12.1. The van der Waals surface area contributed by atoms with Crippen molar-refractivity contribution in [3.8, 4) is 0 Å². The van der Waals surface area contributed by atoms with E-state index in [0.717, 1.165) is 12.0 Å². The molecule has 0 aliphatic carbocycles. The molecule has 1 aliphatic heterocycles. The molecule has 20 heavy (non-hydrogen) atoms. The van der Waals surface area contributed by atoms with Crippen LogP contribution >= 0.6 is 0 Å². The van der Waals surface area contributed by atoms with Crippen LogP contribution in [-0.4, -0.2) is 37.6 Å². The van der Waals surface area contributed by atoms with Crippen LogP contribution in [0.25, 0.3) is 0 Å². The summed E-state index contributed by atoms with van der Waals surface area (Å²) < 4.78 is 5.11. The highest BCUT2D eigenvalue weighted by Gasteiger charge is 2.23. The number of aryl methyl sites for hydroxylation is 1. The van der Waals surface area contributed by atoms with Crippen molar-refractivity contribution in [2.45, 2.75) is 19.4 Å². The summed E-state index contributed by atoms with van der Waals surface area (Å²) in [6.45, 7) is 4.00. The molecule has 108 valence electrons. The quantitative estimate of drug-likeness (QED) is 0.852. The first-order chi connectivity index (χ1) is 9.61. The molecule has 4 heteroatoms. The van der Waals surface area contributed by atoms with Crippen LogP contribution in [0.1, 0.15) is 23.6 Å². The molecule has 1 atom stereocenters. The van der Waals surface area contributed by atoms with Gasteiger partial charge in [-0.25, -0.2) is 0 Å². The molecule has 0 saturated carbocycles. The molecular formula is C16H22N2O2. The van der Waals surface area contributed by atoms with Crippen LogP contribution in [0.2, 0.25) is 0 Å². The summed E-state index contributed by atoms with van der Waals surface area (Å²) in [5.41, 5.74) is 9.36. The highest BCUT2D eigenvalue weighted by atomic mass is 16.5. The molecule has 0 spiro atoms. The second-order valence-electron chi connectivity index (χ2n) is 5.22. The van der Waals surface area contributed by atoms with Crippen LogP contribution in [0.3, 0.4) is 0 Å². The van der Waals surface area contributed by atoms with E-state index in [4.69, 9.17) is 10.5 Å². The first kappa shape index (κ1) is 14.8. The van der Waals surface area contributed by atoms with Crippen LogP contribution in [-0.2, 0) is 9.53 Å². The maximum atomic E-state index is 12.4. The zero-order valence-corrected chi connectivity index (χ0v) is 12.1. The third-order valence-electron chi connectivity index (χ3n) is 3.65. The summed E-state index contributed by atoms with van der Waals surface area (Å²) in [6.07, 6.45) is 2.92. The third-order valence-corrected chi connectivity index (χ3v) is 3.65. The van der Waals surface area contributed by atoms with Gasteiger partial charge in [-0.3, -0.25) is 4.79 Å². The molecule has 1 aromatic carbocycles. The Balaban J connectivity index is 1.99. The lowest BCUT2D eigenvalue weighted by Gasteiger charge is -2.28. The van der Waals surface area contributed by atoms with E-state index in [2.05, 4.69) is 6.08 Å². The summed E-state index contributed by atoms with van der Waals surface area (Å²) in [7, 11) is 1.69. The molecule has 0 bridgehead atoms. The fourth-order valence-corrected chi connectivity index (χ4v) is 2.34. The van der Waals surface area contributed by atoms with Gasteiger partial charge in [-0.2, -0.15) is 0 Å². The van der Waals surface area contributed by atoms with Crippen LogP contribution in [0.15, 0.2) is 35.9 Å². The topological polar surface area (TPSA) is 55.6 Å². The maximum Gasteiger partial charge on any atom is 0.244 e. The number of carbonyl (C=O) groups excluding carboxylic acids is 1. The molecule has 0 saturated heterocycles. The average molecular weight is 274 g/mol. The highest BCUT2D eigenvalue weighted by Crippen LogP contribution is 2.18. The van der Waals surface area contributed by atoms with E-state index in [1.165, 1.54) is 11.1 Å². The summed E-state index contributed by atoms with van der Waals surface area (Å²) in [5.74, 6) is -0.0124. The Bertz CT molecular complexity index is 494. The molecule has 4 nitrogen and oxygen atoms in total. The van der Waals surface area contributed by atoms with Gasteiger partial charge < -0.3 is 15.4 Å². The van der Waals surface area contributed by atoms with E-state index >= 15 is 0 Å². The number of carbonyl (C=O) groups is 1. The van der Waals surface area contributed by atoms with Crippen LogP contribution in [0, 0.1) is 6.92 Å². The van der Waals surface area contributed by atoms with E-state index in [1.807, 2.05) is 36.1 Å². The first-order valence-electron chi connectivity index (χ1n) is 6.89. The molecule has 0 aromatic heterocycles. The minimum atomic E-state index is -0.576. The van der Waals surface area contributed by atoms with Gasteiger partial charge in [0.1, 0.15) is 6.04 Å². The van der Waals surface area contributed by atoms with Crippen molar-refractivity contribution in [3.05, 3.63) is 47.0 Å². The Morgan fingerprint density at radius 2 is 2.10 bits per heavy atom. The smallest absolute Gasteiger partial charge is 0.244 e. The third kappa shape index (κ3) is 3.46. The Morgan fingerprint density at radius 1 is 1.40 bits per heavy atom. The minimum absolute atomic E-state index is 0.0124. The Kier molecular flexibility index (Phi) is 4.93. The van der Waals surface area contributed by atoms with E-state index in [1.54, 1.807) is 7.11 Å². The number of methoxy groups -OCH3 is 1. The van der Waals surface area contributed by atoms with Gasteiger partial charge in [0.15, 0.2) is 0 Å². The second kappa shape index (κ2) is 6.68. The first-order valence-corrected chi connectivity index (χ1v) is 6.89. The van der Waals surface area contributed by atoms with Gasteiger partial charge in [0.05, 0.1) is 6.61 Å². The lowest BCUT2D eigenvalue weighted by atomic mass is 10.0. The van der Waals surface area contributed by atoms with E-state index in [9.17, 15) is 4.79 Å². The number of hydrogen-bond acceptors (Lipinski definition) is 3. The number of nitrogens with two attached hydrogens (primary N) is 1. The summed E-state index contributed by atoms with van der Waals surface area (Å²) in [5, 5.41) is 0. The normalized spacial score (nSPS) is 16.8. The molecule has 2 N–H and O–H groups in total. The lowest BCUT2D eigenvalue weighted by Crippen LogP contribution is -2.41. The summed E-state index contributed by atoms with van der Waals surface area (Å²) in [6, 6.07) is 7.24. The number of benzene rings is 1. The number of hydrogen-bond donors (Lipinski definition) is 1. The predicted octanol–water partition coefficient (Wildman–Crippen LogP) is 1.80. The van der Waals surface area contributed by atoms with E-state index < -0.39 is 6.04 Å². The molecule has 1 aliphatic rings. The fourth-order valence-electron chi connectivity index (χ4n) is 2.34. The molecule has 1 unspecified atom stereocenters. The fraction of sp³-hybridized carbons (Fsp3) is 0.438. The van der Waals surface area contributed by atoms with Crippen molar-refractivity contribution < 1.29 is 9.53 Å². The number of amides is 1. The van der Waals surface area contributed by atoms with Crippen molar-refractivity contribution >= 4 is 5.91 Å². The second-order valence-corrected chi connectivity index (χ2v) is 5.22. The Morgan fingerprint density at radius 3 is 2.65 bits per heavy atom. The molecular weight excluding hydrogens is 252 g/mol. The van der Waals surface area contributed by atoms with Crippen molar-refractivity contribution in [1.82, 2.24) is 4.90 Å². The Labute approximate surface area is 120 Å². The average Bonchev–Trinajstić information content (AvgIpc) is 2.48. The highest BCUT2D eigenvalue weighted by molar-refractivity contribution is 5.83. The van der Waals surface area contributed by atoms with E-state index in [-0.39, 0.29) is 5.91 Å². The largest absolute Gasteiger partial charge is 0.380 e. The van der Waals surface area contributed by atoms with Crippen molar-refractivity contribution in [2.24, 2.45) is 5.73 Å². The monoisotopic (exact) mass is 274 g/mol. The van der Waals surface area contributed by atoms with Crippen molar-refractivity contribution in [2.75, 3.05) is 26.8 Å². The lowest BCUT2D eigenvalue weighted by molar-refractivity contribution is -0.132. The van der Waals surface area contributed by atoms with Gasteiger partial charge in [-0.15, -0.1) is 0 Å². The molecule has 2 rings (SSSR count). The molecule has 1 heterocycles.